The van der Waals surface area contributed by atoms with Crippen molar-refractivity contribution in [1.82, 2.24) is 14.5 Å². The van der Waals surface area contributed by atoms with Crippen LogP contribution >= 0.6 is 0 Å². The van der Waals surface area contributed by atoms with E-state index >= 15 is 0 Å². The molecule has 2 aromatic heterocycles. The Morgan fingerprint density at radius 2 is 2.00 bits per heavy atom. The van der Waals surface area contributed by atoms with Crippen LogP contribution in [-0.4, -0.2) is 48.2 Å². The fourth-order valence-corrected chi connectivity index (χ4v) is 3.48. The van der Waals surface area contributed by atoms with Crippen LogP contribution in [0.4, 0.5) is 4.39 Å². The van der Waals surface area contributed by atoms with E-state index < -0.39 is 30.2 Å². The van der Waals surface area contributed by atoms with Gasteiger partial charge in [-0.05, 0) is 25.1 Å². The third-order valence-corrected chi connectivity index (χ3v) is 4.86. The fourth-order valence-electron chi connectivity index (χ4n) is 3.48. The molecular formula is C18H18FN3O4. The van der Waals surface area contributed by atoms with Crippen molar-refractivity contribution in [1.29, 1.82) is 0 Å². The van der Waals surface area contributed by atoms with Crippen LogP contribution in [0.5, 0.6) is 11.5 Å². The molecule has 8 heteroatoms. The lowest BCUT2D eigenvalue weighted by Crippen LogP contribution is -2.34. The van der Waals surface area contributed by atoms with E-state index in [9.17, 15) is 19.7 Å². The highest BCUT2D eigenvalue weighted by molar-refractivity contribution is 5.78. The minimum atomic E-state index is -1.16. The Kier molecular flexibility index (Phi) is 4.01. The topological polar surface area (TPSA) is 101 Å². The number of aromatic hydroxyl groups is 1. The predicted molar refractivity (Wildman–Crippen MR) is 90.4 cm³/mol. The summed E-state index contributed by atoms with van der Waals surface area (Å²) in [6, 6.07) is 4.79. The van der Waals surface area contributed by atoms with Crippen LogP contribution in [0, 0.1) is 12.7 Å². The summed E-state index contributed by atoms with van der Waals surface area (Å²) in [5.41, 5.74) is 1.49. The molecular weight excluding hydrogens is 341 g/mol. The highest BCUT2D eigenvalue weighted by atomic mass is 19.1. The SMILES string of the molecule is Cc1ncnc2c1ccn2[C@@H]1C[C@H](Oc2ccc(F)cc2O)[C@@H](O)[C@H]1O. The molecule has 2 heterocycles. The molecule has 0 radical (unpaired) electrons. The molecule has 4 rings (SSSR count). The second-order valence-corrected chi connectivity index (χ2v) is 6.47. The minimum Gasteiger partial charge on any atom is -0.504 e. The van der Waals surface area contributed by atoms with Crippen molar-refractivity contribution in [2.45, 2.75) is 37.7 Å². The Bertz CT molecular complexity index is 961. The first-order chi connectivity index (χ1) is 12.5. The van der Waals surface area contributed by atoms with Gasteiger partial charge in [-0.15, -0.1) is 0 Å². The maximum Gasteiger partial charge on any atom is 0.161 e. The van der Waals surface area contributed by atoms with Crippen LogP contribution in [-0.2, 0) is 0 Å². The van der Waals surface area contributed by atoms with Gasteiger partial charge in [-0.25, -0.2) is 14.4 Å². The summed E-state index contributed by atoms with van der Waals surface area (Å²) in [4.78, 5) is 8.42. The molecule has 0 spiro atoms. The van der Waals surface area contributed by atoms with Gasteiger partial charge >= 0.3 is 0 Å². The number of phenolic OH excluding ortho intramolecular Hbond substituents is 1. The predicted octanol–water partition coefficient (Wildman–Crippen LogP) is 1.70. The van der Waals surface area contributed by atoms with Crippen LogP contribution in [0.1, 0.15) is 18.2 Å². The van der Waals surface area contributed by atoms with E-state index in [4.69, 9.17) is 4.74 Å². The fraction of sp³-hybridized carbons (Fsp3) is 0.333. The summed E-state index contributed by atoms with van der Waals surface area (Å²) in [5, 5.41) is 31.6. The summed E-state index contributed by atoms with van der Waals surface area (Å²) in [5.74, 6) is -0.891. The zero-order chi connectivity index (χ0) is 18.4. The summed E-state index contributed by atoms with van der Waals surface area (Å²) < 4.78 is 20.5. The van der Waals surface area contributed by atoms with Gasteiger partial charge in [0.2, 0.25) is 0 Å². The zero-order valence-electron chi connectivity index (χ0n) is 14.0. The zero-order valence-corrected chi connectivity index (χ0v) is 14.0. The standard InChI is InChI=1S/C18H18FN3O4/c1-9-11-4-5-22(18(11)21-8-20-9)12-7-15(17(25)16(12)24)26-14-3-2-10(19)6-13(14)23/h2-6,8,12,15-17,23-25H,7H2,1H3/t12-,15+,16+,17-/m1/s1. The van der Waals surface area contributed by atoms with E-state index in [1.807, 2.05) is 13.0 Å². The Morgan fingerprint density at radius 3 is 2.77 bits per heavy atom. The van der Waals surface area contributed by atoms with Crippen molar-refractivity contribution in [3.63, 3.8) is 0 Å². The van der Waals surface area contributed by atoms with E-state index in [2.05, 4.69) is 9.97 Å². The molecule has 1 fully saturated rings. The maximum atomic E-state index is 13.1. The molecule has 0 aliphatic heterocycles. The number of fused-ring (bicyclic) bond motifs is 1. The molecule has 3 aromatic rings. The number of benzene rings is 1. The van der Waals surface area contributed by atoms with Gasteiger partial charge < -0.3 is 24.6 Å². The summed E-state index contributed by atoms with van der Waals surface area (Å²) in [6.45, 7) is 1.87. The molecule has 3 N–H and O–H groups in total. The lowest BCUT2D eigenvalue weighted by Gasteiger charge is -2.19. The van der Waals surface area contributed by atoms with E-state index in [1.54, 1.807) is 10.8 Å². The Balaban J connectivity index is 1.62. The highest BCUT2D eigenvalue weighted by Crippen LogP contribution is 2.37. The number of aryl methyl sites for hydroxylation is 1. The Hall–Kier alpha value is -2.71. The maximum absolute atomic E-state index is 13.1. The Labute approximate surface area is 148 Å². The number of hydrogen-bond donors (Lipinski definition) is 3. The van der Waals surface area contributed by atoms with Crippen LogP contribution in [0.25, 0.3) is 11.0 Å². The third-order valence-electron chi connectivity index (χ3n) is 4.86. The molecule has 1 aromatic carbocycles. The van der Waals surface area contributed by atoms with Crippen molar-refractivity contribution in [2.24, 2.45) is 0 Å². The van der Waals surface area contributed by atoms with Crippen molar-refractivity contribution >= 4 is 11.0 Å². The smallest absolute Gasteiger partial charge is 0.161 e. The first-order valence-electron chi connectivity index (χ1n) is 8.25. The first kappa shape index (κ1) is 16.7. The summed E-state index contributed by atoms with van der Waals surface area (Å²) in [6.07, 6.45) is 0.553. The van der Waals surface area contributed by atoms with Crippen LogP contribution in [0.3, 0.4) is 0 Å². The third kappa shape index (κ3) is 2.67. The van der Waals surface area contributed by atoms with Crippen molar-refractivity contribution in [2.75, 3.05) is 0 Å². The molecule has 0 amide bonds. The van der Waals surface area contributed by atoms with Crippen LogP contribution in [0.15, 0.2) is 36.8 Å². The van der Waals surface area contributed by atoms with Gasteiger partial charge in [0, 0.05) is 24.1 Å². The first-order valence-corrected chi connectivity index (χ1v) is 8.25. The summed E-state index contributed by atoms with van der Waals surface area (Å²) >= 11 is 0. The van der Waals surface area contributed by atoms with Gasteiger partial charge in [-0.2, -0.15) is 0 Å². The molecule has 0 bridgehead atoms. The van der Waals surface area contributed by atoms with Crippen molar-refractivity contribution < 1.29 is 24.4 Å². The van der Waals surface area contributed by atoms with Gasteiger partial charge in [-0.3, -0.25) is 0 Å². The number of ether oxygens (including phenoxy) is 1. The molecule has 26 heavy (non-hydrogen) atoms. The van der Waals surface area contributed by atoms with Gasteiger partial charge in [-0.1, -0.05) is 0 Å². The molecule has 7 nitrogen and oxygen atoms in total. The van der Waals surface area contributed by atoms with Gasteiger partial charge in [0.15, 0.2) is 11.5 Å². The molecule has 4 atom stereocenters. The van der Waals surface area contributed by atoms with Crippen molar-refractivity contribution in [3.05, 3.63) is 48.3 Å². The number of aromatic nitrogens is 3. The average Bonchev–Trinajstić information content (AvgIpc) is 3.15. The molecule has 136 valence electrons. The normalized spacial score (nSPS) is 25.7. The number of phenols is 1. The van der Waals surface area contributed by atoms with Gasteiger partial charge in [0.1, 0.15) is 36.1 Å². The number of rotatable bonds is 3. The van der Waals surface area contributed by atoms with Crippen LogP contribution in [0.2, 0.25) is 0 Å². The largest absolute Gasteiger partial charge is 0.504 e. The minimum absolute atomic E-state index is 0.0545. The lowest BCUT2D eigenvalue weighted by atomic mass is 10.2. The molecule has 0 saturated heterocycles. The van der Waals surface area contributed by atoms with E-state index in [0.29, 0.717) is 12.1 Å². The summed E-state index contributed by atoms with van der Waals surface area (Å²) in [7, 11) is 0. The van der Waals surface area contributed by atoms with Gasteiger partial charge in [0.05, 0.1) is 11.7 Å². The second kappa shape index (κ2) is 6.22. The molecule has 1 aliphatic carbocycles. The van der Waals surface area contributed by atoms with Crippen LogP contribution < -0.4 is 4.74 Å². The number of aliphatic hydroxyl groups excluding tert-OH is 2. The number of halogens is 1. The number of aliphatic hydroxyl groups is 2. The molecule has 1 saturated carbocycles. The highest BCUT2D eigenvalue weighted by Gasteiger charge is 2.44. The Morgan fingerprint density at radius 1 is 1.19 bits per heavy atom. The van der Waals surface area contributed by atoms with Gasteiger partial charge in [0.25, 0.3) is 0 Å². The van der Waals surface area contributed by atoms with E-state index in [1.165, 1.54) is 12.4 Å². The average molecular weight is 359 g/mol. The number of hydrogen-bond acceptors (Lipinski definition) is 6. The molecule has 1 aliphatic rings. The molecule has 0 unspecified atom stereocenters. The number of nitrogens with zero attached hydrogens (tertiary/aromatic N) is 3. The lowest BCUT2D eigenvalue weighted by molar-refractivity contribution is -0.0169. The van der Waals surface area contributed by atoms with Crippen molar-refractivity contribution in [3.8, 4) is 11.5 Å². The second-order valence-electron chi connectivity index (χ2n) is 6.47. The monoisotopic (exact) mass is 359 g/mol. The quantitative estimate of drug-likeness (QED) is 0.658. The van der Waals surface area contributed by atoms with E-state index in [-0.39, 0.29) is 11.5 Å². The van der Waals surface area contributed by atoms with E-state index in [0.717, 1.165) is 23.2 Å².